The number of methoxy groups -OCH3 is 1. The number of carbonyl (C=O) groups excluding carboxylic acids is 3. The number of nitrogens with two attached hydrogens (primary N) is 2. The van der Waals surface area contributed by atoms with E-state index in [0.29, 0.717) is 36.5 Å². The number of amides is 4. The second-order valence-corrected chi connectivity index (χ2v) is 14.7. The van der Waals surface area contributed by atoms with Crippen molar-refractivity contribution in [1.82, 2.24) is 25.4 Å². The molecule has 14 nitrogen and oxygen atoms in total. The van der Waals surface area contributed by atoms with E-state index in [9.17, 15) is 27.6 Å². The number of halogens is 3. The quantitative estimate of drug-likeness (QED) is 0.0357. The van der Waals surface area contributed by atoms with Gasteiger partial charge >= 0.3 is 12.4 Å². The Morgan fingerprint density at radius 3 is 2.21 bits per heavy atom. The molecule has 6 rings (SSSR count). The van der Waals surface area contributed by atoms with Gasteiger partial charge in [-0.1, -0.05) is 60.7 Å². The van der Waals surface area contributed by atoms with Crippen LogP contribution in [0.25, 0.3) is 10.9 Å². The Labute approximate surface area is 351 Å². The minimum atomic E-state index is -4.80. The van der Waals surface area contributed by atoms with Crippen LogP contribution in [0, 0.1) is 0 Å². The summed E-state index contributed by atoms with van der Waals surface area (Å²) in [6, 6.07) is 24.2. The number of ether oxygens (including phenoxy) is 2. The van der Waals surface area contributed by atoms with Gasteiger partial charge in [0.05, 0.1) is 12.6 Å². The van der Waals surface area contributed by atoms with Crippen molar-refractivity contribution in [2.75, 3.05) is 32.1 Å². The van der Waals surface area contributed by atoms with Crippen LogP contribution in [0.4, 0.5) is 23.7 Å². The molecule has 61 heavy (non-hydrogen) atoms. The van der Waals surface area contributed by atoms with Crippen molar-refractivity contribution in [1.29, 1.82) is 0 Å². The molecule has 0 saturated carbocycles. The number of likely N-dealkylation sites (tertiary alicyclic amines) is 1. The molecular weight excluding hydrogens is 792 g/mol. The molecule has 0 radical (unpaired) electrons. The number of rotatable bonds is 18. The Morgan fingerprint density at radius 2 is 1.54 bits per heavy atom. The number of carbonyl (C=O) groups is 3. The topological polar surface area (TPSA) is 190 Å². The van der Waals surface area contributed by atoms with Crippen LogP contribution in [0.2, 0.25) is 0 Å². The highest BCUT2D eigenvalue weighted by Gasteiger charge is 2.31. The predicted molar refractivity (Wildman–Crippen MR) is 227 cm³/mol. The first-order valence-corrected chi connectivity index (χ1v) is 19.9. The van der Waals surface area contributed by atoms with Gasteiger partial charge in [0.25, 0.3) is 0 Å². The minimum Gasteiger partial charge on any atom is -0.497 e. The number of aromatic nitrogens is 1. The molecule has 322 valence electrons. The van der Waals surface area contributed by atoms with Crippen LogP contribution in [-0.2, 0) is 29.2 Å². The van der Waals surface area contributed by atoms with E-state index in [0.717, 1.165) is 53.5 Å². The smallest absolute Gasteiger partial charge is 0.497 e. The first-order valence-electron chi connectivity index (χ1n) is 19.9. The second-order valence-electron chi connectivity index (χ2n) is 14.7. The number of alkyl halides is 3. The summed E-state index contributed by atoms with van der Waals surface area (Å²) in [5, 5.41) is 12.3. The predicted octanol–water partition coefficient (Wildman–Crippen LogP) is 5.91. The van der Waals surface area contributed by atoms with E-state index in [-0.39, 0.29) is 31.2 Å². The Balaban J connectivity index is 1.22. The highest BCUT2D eigenvalue weighted by Crippen LogP contribution is 2.29. The summed E-state index contributed by atoms with van der Waals surface area (Å²) in [6.07, 6.45) is 0.0474. The maximum atomic E-state index is 14.1. The number of hydrogen-bond donors (Lipinski definition) is 6. The van der Waals surface area contributed by atoms with Crippen LogP contribution in [0.5, 0.6) is 11.5 Å². The van der Waals surface area contributed by atoms with Crippen LogP contribution in [0.15, 0.2) is 108 Å². The number of urea groups is 1. The molecule has 5 aromatic rings. The molecule has 0 unspecified atom stereocenters. The number of benzene rings is 4. The lowest BCUT2D eigenvalue weighted by molar-refractivity contribution is -0.274. The van der Waals surface area contributed by atoms with Crippen LogP contribution >= 0.6 is 0 Å². The average molecular weight is 842 g/mol. The van der Waals surface area contributed by atoms with E-state index in [4.69, 9.17) is 16.2 Å². The second kappa shape index (κ2) is 20.5. The van der Waals surface area contributed by atoms with Crippen LogP contribution < -0.4 is 42.2 Å². The number of fused-ring (bicyclic) bond motifs is 1. The standard InChI is InChI=1S/C44H50F3N9O5/c1-60-34-18-13-31(14-19-34)39(41(58)53-37(10-7-21-50-42(48)49)40(57)51-25-29-8-3-2-4-9-29)54-43(59)52-33-15-20-36-32(27-55-22-5-6-23-55)28-56(38(36)24-33)26-30-11-16-35(17-12-30)61-44(45,46)47/h2-4,8-9,11-20,24,28,37,39H,5-7,10,21-23,25-27H2,1H3,(H,51,57)(H,53,58)(H4,48,49,50)(H2,52,54,59)/t37-,39-/m0/s1. The number of nitrogens with one attached hydrogen (secondary N) is 4. The highest BCUT2D eigenvalue weighted by atomic mass is 19.4. The van der Waals surface area contributed by atoms with Crippen LogP contribution in [0.1, 0.15) is 54.0 Å². The zero-order valence-corrected chi connectivity index (χ0v) is 33.7. The molecule has 0 spiro atoms. The van der Waals surface area contributed by atoms with Gasteiger partial charge in [-0.2, -0.15) is 0 Å². The van der Waals surface area contributed by atoms with Crippen molar-refractivity contribution in [2.24, 2.45) is 16.5 Å². The van der Waals surface area contributed by atoms with E-state index < -0.39 is 36.3 Å². The molecule has 4 aromatic carbocycles. The molecular formula is C44H50F3N9O5. The van der Waals surface area contributed by atoms with Gasteiger partial charge in [-0.15, -0.1) is 13.2 Å². The summed E-state index contributed by atoms with van der Waals surface area (Å²) in [7, 11) is 1.51. The normalized spacial score (nSPS) is 13.8. The maximum absolute atomic E-state index is 14.1. The first kappa shape index (κ1) is 43.8. The van der Waals surface area contributed by atoms with E-state index in [1.165, 1.54) is 19.2 Å². The lowest BCUT2D eigenvalue weighted by Crippen LogP contribution is -2.51. The fourth-order valence-corrected chi connectivity index (χ4v) is 7.21. The SMILES string of the molecule is COc1ccc([C@H](NC(=O)Nc2ccc3c(CN4CCCC4)cn(Cc4ccc(OC(F)(F)F)cc4)c3c2)C(=O)N[C@@H](CCCN=C(N)N)C(=O)NCc2ccccc2)cc1. The largest absolute Gasteiger partial charge is 0.573 e. The molecule has 2 heterocycles. The van der Waals surface area contributed by atoms with Gasteiger partial charge in [-0.05, 0) is 97.4 Å². The molecule has 1 aromatic heterocycles. The van der Waals surface area contributed by atoms with Gasteiger partial charge in [-0.3, -0.25) is 19.5 Å². The van der Waals surface area contributed by atoms with Crippen molar-refractivity contribution in [3.05, 3.63) is 126 Å². The molecule has 8 N–H and O–H groups in total. The fourth-order valence-electron chi connectivity index (χ4n) is 7.21. The molecule has 0 bridgehead atoms. The molecule has 1 fully saturated rings. The number of anilines is 1. The third kappa shape index (κ3) is 12.9. The van der Waals surface area contributed by atoms with E-state index in [2.05, 4.69) is 35.9 Å². The van der Waals surface area contributed by atoms with E-state index in [1.54, 1.807) is 42.5 Å². The van der Waals surface area contributed by atoms with Gasteiger partial charge in [-0.25, -0.2) is 4.79 Å². The lowest BCUT2D eigenvalue weighted by atomic mass is 10.0. The van der Waals surface area contributed by atoms with Crippen molar-refractivity contribution >= 4 is 40.4 Å². The summed E-state index contributed by atoms with van der Waals surface area (Å²) in [4.78, 5) is 47.8. The van der Waals surface area contributed by atoms with Gasteiger partial charge in [0.2, 0.25) is 11.8 Å². The van der Waals surface area contributed by atoms with Gasteiger partial charge in [0, 0.05) is 43.4 Å². The zero-order valence-electron chi connectivity index (χ0n) is 33.7. The average Bonchev–Trinajstić information content (AvgIpc) is 3.88. The highest BCUT2D eigenvalue weighted by molar-refractivity contribution is 5.97. The molecule has 4 amide bonds. The summed E-state index contributed by atoms with van der Waals surface area (Å²) in [6.45, 7) is 3.48. The maximum Gasteiger partial charge on any atom is 0.573 e. The number of nitrogens with zero attached hydrogens (tertiary/aromatic N) is 3. The third-order valence-corrected chi connectivity index (χ3v) is 10.2. The molecule has 0 aliphatic carbocycles. The Morgan fingerprint density at radius 1 is 0.836 bits per heavy atom. The van der Waals surface area contributed by atoms with E-state index in [1.807, 2.05) is 53.2 Å². The van der Waals surface area contributed by atoms with Crippen LogP contribution in [0.3, 0.4) is 0 Å². The number of aliphatic imine (C=N–C) groups is 1. The first-order chi connectivity index (χ1) is 29.3. The van der Waals surface area contributed by atoms with Gasteiger partial charge < -0.3 is 46.8 Å². The van der Waals surface area contributed by atoms with Crippen molar-refractivity contribution < 1.29 is 37.0 Å². The Hall–Kier alpha value is -6.75. The number of guanidine groups is 1. The number of hydrogen-bond acceptors (Lipinski definition) is 7. The summed E-state index contributed by atoms with van der Waals surface area (Å²) in [5.41, 5.74) is 15.3. The summed E-state index contributed by atoms with van der Waals surface area (Å²) < 4.78 is 49.8. The molecule has 1 saturated heterocycles. The summed E-state index contributed by atoms with van der Waals surface area (Å²) >= 11 is 0. The summed E-state index contributed by atoms with van der Waals surface area (Å²) in [5.74, 6) is -0.925. The molecule has 2 atom stereocenters. The zero-order chi connectivity index (χ0) is 43.4. The van der Waals surface area contributed by atoms with Crippen LogP contribution in [-0.4, -0.2) is 72.4 Å². The fraction of sp³-hybridized carbons (Fsp3) is 0.318. The molecule has 1 aliphatic rings. The van der Waals surface area contributed by atoms with Crippen molar-refractivity contribution in [3.8, 4) is 11.5 Å². The Kier molecular flexibility index (Phi) is 14.7. The minimum absolute atomic E-state index is 0.0908. The molecule has 17 heteroatoms. The third-order valence-electron chi connectivity index (χ3n) is 10.2. The van der Waals surface area contributed by atoms with Crippen molar-refractivity contribution in [3.63, 3.8) is 0 Å². The van der Waals surface area contributed by atoms with Gasteiger partial charge in [0.15, 0.2) is 5.96 Å². The monoisotopic (exact) mass is 841 g/mol. The lowest BCUT2D eigenvalue weighted by Gasteiger charge is -2.24. The van der Waals surface area contributed by atoms with E-state index >= 15 is 0 Å². The van der Waals surface area contributed by atoms with Gasteiger partial charge in [0.1, 0.15) is 23.6 Å². The Bertz CT molecular complexity index is 2270. The molecule has 1 aliphatic heterocycles. The van der Waals surface area contributed by atoms with Crippen molar-refractivity contribution in [2.45, 2.75) is 63.8 Å².